The van der Waals surface area contributed by atoms with Crippen molar-refractivity contribution in [2.24, 2.45) is 0 Å². The molecule has 8 heteroatoms. The zero-order valence-corrected chi connectivity index (χ0v) is 18.2. The molecule has 0 saturated heterocycles. The van der Waals surface area contributed by atoms with Crippen molar-refractivity contribution in [3.8, 4) is 0 Å². The van der Waals surface area contributed by atoms with E-state index in [-0.39, 0.29) is 16.7 Å². The van der Waals surface area contributed by atoms with E-state index in [2.05, 4.69) is 29.1 Å². The van der Waals surface area contributed by atoms with Crippen LogP contribution in [0.25, 0.3) is 0 Å². The number of carbonyl (C=O) groups excluding carboxylic acids is 1. The van der Waals surface area contributed by atoms with Crippen molar-refractivity contribution in [3.63, 3.8) is 0 Å². The average molecular weight is 426 g/mol. The molecular formula is C19H24ClN3O2S2. The molecule has 0 fully saturated rings. The van der Waals surface area contributed by atoms with Gasteiger partial charge >= 0.3 is 0 Å². The lowest BCUT2D eigenvalue weighted by Gasteiger charge is -2.15. The highest BCUT2D eigenvalue weighted by Gasteiger charge is 2.20. The molecule has 1 aromatic carbocycles. The molecule has 146 valence electrons. The zero-order valence-electron chi connectivity index (χ0n) is 15.8. The molecule has 0 radical (unpaired) electrons. The number of carbonyl (C=O) groups is 1. The SMILES string of the molecule is CCC(Sc1nc(CSC(C)C)cc(=O)[nH]1)C(=O)Nc1ccc(C)c(Cl)c1. The molecular weight excluding hydrogens is 402 g/mol. The van der Waals surface area contributed by atoms with Gasteiger partial charge in [0, 0.05) is 22.5 Å². The van der Waals surface area contributed by atoms with E-state index in [4.69, 9.17) is 11.6 Å². The number of aryl methyl sites for hydroxylation is 1. The van der Waals surface area contributed by atoms with Crippen LogP contribution in [0.4, 0.5) is 5.69 Å². The van der Waals surface area contributed by atoms with Crippen LogP contribution in [0.2, 0.25) is 5.02 Å². The summed E-state index contributed by atoms with van der Waals surface area (Å²) in [5.41, 5.74) is 2.13. The molecule has 1 unspecified atom stereocenters. The van der Waals surface area contributed by atoms with Crippen LogP contribution in [-0.2, 0) is 10.5 Å². The van der Waals surface area contributed by atoms with Gasteiger partial charge in [-0.1, -0.05) is 50.2 Å². The minimum atomic E-state index is -0.374. The minimum absolute atomic E-state index is 0.146. The fraction of sp³-hybridized carbons (Fsp3) is 0.421. The molecule has 2 N–H and O–H groups in total. The number of amides is 1. The first-order valence-corrected chi connectivity index (χ1v) is 11.0. The Morgan fingerprint density at radius 3 is 2.70 bits per heavy atom. The van der Waals surface area contributed by atoms with Crippen LogP contribution in [0.1, 0.15) is 38.4 Å². The molecule has 0 spiro atoms. The van der Waals surface area contributed by atoms with Gasteiger partial charge in [-0.3, -0.25) is 9.59 Å². The molecule has 0 bridgehead atoms. The summed E-state index contributed by atoms with van der Waals surface area (Å²) in [4.78, 5) is 31.8. The van der Waals surface area contributed by atoms with Crippen molar-refractivity contribution in [2.75, 3.05) is 5.32 Å². The Morgan fingerprint density at radius 1 is 1.33 bits per heavy atom. The van der Waals surface area contributed by atoms with Crippen molar-refractivity contribution in [1.29, 1.82) is 0 Å². The zero-order chi connectivity index (χ0) is 20.0. The molecule has 0 saturated carbocycles. The molecule has 2 aromatic rings. The van der Waals surface area contributed by atoms with Gasteiger partial charge in [-0.05, 0) is 36.3 Å². The third-order valence-electron chi connectivity index (χ3n) is 3.69. The average Bonchev–Trinajstić information content (AvgIpc) is 2.60. The van der Waals surface area contributed by atoms with Gasteiger partial charge in [0.05, 0.1) is 10.9 Å². The van der Waals surface area contributed by atoms with E-state index in [1.54, 1.807) is 17.8 Å². The number of halogens is 1. The van der Waals surface area contributed by atoms with E-state index in [9.17, 15) is 9.59 Å². The van der Waals surface area contributed by atoms with Crippen LogP contribution >= 0.6 is 35.1 Å². The summed E-state index contributed by atoms with van der Waals surface area (Å²) < 4.78 is 0. The van der Waals surface area contributed by atoms with Crippen LogP contribution in [0, 0.1) is 6.92 Å². The second-order valence-corrected chi connectivity index (χ2v) is 9.53. The first kappa shape index (κ1) is 21.9. The van der Waals surface area contributed by atoms with Crippen molar-refractivity contribution in [1.82, 2.24) is 9.97 Å². The smallest absolute Gasteiger partial charge is 0.251 e. The van der Waals surface area contributed by atoms with Gasteiger partial charge in [0.2, 0.25) is 5.91 Å². The molecule has 1 amide bonds. The van der Waals surface area contributed by atoms with Crippen LogP contribution in [0.3, 0.4) is 0 Å². The first-order valence-electron chi connectivity index (χ1n) is 8.74. The highest BCUT2D eigenvalue weighted by molar-refractivity contribution is 8.00. The van der Waals surface area contributed by atoms with Gasteiger partial charge in [0.15, 0.2) is 5.16 Å². The van der Waals surface area contributed by atoms with Gasteiger partial charge in [-0.2, -0.15) is 11.8 Å². The Labute approximate surface area is 173 Å². The molecule has 0 aliphatic heterocycles. The number of hydrogen-bond acceptors (Lipinski definition) is 5. The summed E-state index contributed by atoms with van der Waals surface area (Å²) in [6.07, 6.45) is 0.602. The van der Waals surface area contributed by atoms with E-state index in [1.165, 1.54) is 17.8 Å². The van der Waals surface area contributed by atoms with Gasteiger partial charge in [-0.25, -0.2) is 4.98 Å². The number of thioether (sulfide) groups is 2. The second kappa shape index (κ2) is 10.2. The molecule has 5 nitrogen and oxygen atoms in total. The number of nitrogens with one attached hydrogen (secondary N) is 2. The lowest BCUT2D eigenvalue weighted by atomic mass is 10.2. The Bertz CT molecular complexity index is 855. The van der Waals surface area contributed by atoms with E-state index >= 15 is 0 Å². The van der Waals surface area contributed by atoms with E-state index in [0.29, 0.717) is 33.3 Å². The largest absolute Gasteiger partial charge is 0.325 e. The van der Waals surface area contributed by atoms with Crippen LogP contribution in [0.5, 0.6) is 0 Å². The third-order valence-corrected chi connectivity index (χ3v) is 6.48. The fourth-order valence-electron chi connectivity index (χ4n) is 2.22. The number of aromatic amines is 1. The van der Waals surface area contributed by atoms with Crippen LogP contribution in [-0.4, -0.2) is 26.4 Å². The van der Waals surface area contributed by atoms with Crippen LogP contribution in [0.15, 0.2) is 34.2 Å². The third kappa shape index (κ3) is 6.90. The maximum absolute atomic E-state index is 12.6. The molecule has 0 aliphatic rings. The quantitative estimate of drug-likeness (QED) is 0.465. The number of hydrogen-bond donors (Lipinski definition) is 2. The van der Waals surface area contributed by atoms with Gasteiger partial charge in [-0.15, -0.1) is 0 Å². The minimum Gasteiger partial charge on any atom is -0.325 e. The summed E-state index contributed by atoms with van der Waals surface area (Å²) >= 11 is 9.10. The monoisotopic (exact) mass is 425 g/mol. The summed E-state index contributed by atoms with van der Waals surface area (Å²) in [6.45, 7) is 8.03. The molecule has 0 aliphatic carbocycles. The van der Waals surface area contributed by atoms with Crippen LogP contribution < -0.4 is 10.9 Å². The summed E-state index contributed by atoms with van der Waals surface area (Å²) in [5, 5.41) is 4.03. The Hall–Kier alpha value is -1.44. The van der Waals surface area contributed by atoms with Crippen molar-refractivity contribution >= 4 is 46.7 Å². The first-order chi connectivity index (χ1) is 12.8. The van der Waals surface area contributed by atoms with Gasteiger partial charge < -0.3 is 10.3 Å². The topological polar surface area (TPSA) is 74.8 Å². The maximum atomic E-state index is 12.6. The normalized spacial score (nSPS) is 12.2. The number of nitrogens with zero attached hydrogens (tertiary/aromatic N) is 1. The molecule has 1 atom stereocenters. The number of benzene rings is 1. The number of aromatic nitrogens is 2. The van der Waals surface area contributed by atoms with E-state index in [1.807, 2.05) is 26.0 Å². The Morgan fingerprint density at radius 2 is 2.07 bits per heavy atom. The molecule has 1 heterocycles. The lowest BCUT2D eigenvalue weighted by molar-refractivity contribution is -0.115. The van der Waals surface area contributed by atoms with E-state index < -0.39 is 0 Å². The molecule has 27 heavy (non-hydrogen) atoms. The highest BCUT2D eigenvalue weighted by atomic mass is 35.5. The second-order valence-electron chi connectivity index (χ2n) is 6.37. The van der Waals surface area contributed by atoms with Gasteiger partial charge in [0.25, 0.3) is 5.56 Å². The molecule has 2 rings (SSSR count). The van der Waals surface area contributed by atoms with Crippen molar-refractivity contribution in [3.05, 3.63) is 50.9 Å². The number of rotatable bonds is 8. The predicted molar refractivity (Wildman–Crippen MR) is 116 cm³/mol. The van der Waals surface area contributed by atoms with Crippen molar-refractivity contribution in [2.45, 2.75) is 55.5 Å². The number of anilines is 1. The summed E-state index contributed by atoms with van der Waals surface area (Å²) in [7, 11) is 0. The maximum Gasteiger partial charge on any atom is 0.251 e. The predicted octanol–water partition coefficient (Wildman–Crippen LogP) is 4.88. The standard InChI is InChI=1S/C19H24ClN3O2S2/c1-5-16(18(25)21-13-7-6-12(4)15(20)8-13)27-19-22-14(9-17(24)23-19)10-26-11(2)3/h6-9,11,16H,5,10H2,1-4H3,(H,21,25)(H,22,23,24). The highest BCUT2D eigenvalue weighted by Crippen LogP contribution is 2.25. The Balaban J connectivity index is 2.09. The molecule has 1 aromatic heterocycles. The van der Waals surface area contributed by atoms with Gasteiger partial charge in [0.1, 0.15) is 0 Å². The summed E-state index contributed by atoms with van der Waals surface area (Å²) in [6, 6.07) is 6.92. The summed E-state index contributed by atoms with van der Waals surface area (Å²) in [5.74, 6) is 0.520. The fourth-order valence-corrected chi connectivity index (χ4v) is 3.98. The lowest BCUT2D eigenvalue weighted by Crippen LogP contribution is -2.25. The number of H-pyrrole nitrogens is 1. The Kier molecular flexibility index (Phi) is 8.26. The van der Waals surface area contributed by atoms with Crippen molar-refractivity contribution < 1.29 is 4.79 Å². The van der Waals surface area contributed by atoms with E-state index in [0.717, 1.165) is 11.3 Å².